The predicted octanol–water partition coefficient (Wildman–Crippen LogP) is 3.15. The van der Waals surface area contributed by atoms with Crippen LogP contribution in [0.5, 0.6) is 0 Å². The van der Waals surface area contributed by atoms with E-state index in [1.165, 1.54) is 42.5 Å². The van der Waals surface area contributed by atoms with Crippen LogP contribution in [0.25, 0.3) is 0 Å². The summed E-state index contributed by atoms with van der Waals surface area (Å²) < 4.78 is 40.6. The summed E-state index contributed by atoms with van der Waals surface area (Å²) in [6.07, 6.45) is 0.762. The normalized spacial score (nSPS) is 12.5. The van der Waals surface area contributed by atoms with Gasteiger partial charge in [-0.1, -0.05) is 25.1 Å². The number of hydrogen-bond acceptors (Lipinski definition) is 3. The summed E-state index contributed by atoms with van der Waals surface area (Å²) in [6.45, 7) is 3.79. The number of benzene rings is 2. The fourth-order valence-corrected chi connectivity index (χ4v) is 3.07. The van der Waals surface area contributed by atoms with Crippen molar-refractivity contribution < 1.29 is 17.6 Å². The van der Waals surface area contributed by atoms with Crippen molar-refractivity contribution in [1.82, 2.24) is 5.32 Å². The summed E-state index contributed by atoms with van der Waals surface area (Å²) in [4.78, 5) is 12.0. The molecule has 0 aliphatic rings. The van der Waals surface area contributed by atoms with Gasteiger partial charge in [-0.2, -0.15) is 0 Å². The third kappa shape index (κ3) is 4.32. The van der Waals surface area contributed by atoms with E-state index in [4.69, 9.17) is 0 Å². The Morgan fingerprint density at radius 3 is 2.54 bits per heavy atom. The Labute approximate surface area is 141 Å². The second-order valence-electron chi connectivity index (χ2n) is 5.40. The maximum atomic E-state index is 13.6. The number of hydrogen-bond donors (Lipinski definition) is 2. The highest BCUT2D eigenvalue weighted by atomic mass is 32.2. The van der Waals surface area contributed by atoms with Gasteiger partial charge in [0.05, 0.1) is 10.6 Å². The van der Waals surface area contributed by atoms with Gasteiger partial charge in [0.2, 0.25) is 0 Å². The molecule has 2 aromatic rings. The van der Waals surface area contributed by atoms with Crippen molar-refractivity contribution >= 4 is 21.6 Å². The number of sulfonamides is 1. The molecule has 0 aromatic heterocycles. The molecule has 2 aromatic carbocycles. The summed E-state index contributed by atoms with van der Waals surface area (Å²) in [5.41, 5.74) is 0.0821. The van der Waals surface area contributed by atoms with Crippen LogP contribution in [0.3, 0.4) is 0 Å². The van der Waals surface area contributed by atoms with Crippen LogP contribution in [0.4, 0.5) is 10.1 Å². The van der Waals surface area contributed by atoms with Gasteiger partial charge in [0.25, 0.3) is 15.9 Å². The fraction of sp³-hybridized carbons (Fsp3) is 0.235. The zero-order chi connectivity index (χ0) is 17.7. The van der Waals surface area contributed by atoms with E-state index in [0.717, 1.165) is 12.5 Å². The molecule has 0 saturated carbocycles. The number of nitrogens with one attached hydrogen (secondary N) is 2. The highest BCUT2D eigenvalue weighted by Gasteiger charge is 2.18. The number of amides is 1. The monoisotopic (exact) mass is 350 g/mol. The SMILES string of the molecule is CC[C@H](C)NC(=O)c1cccc(S(=O)(=O)Nc2ccccc2F)c1. The third-order valence-corrected chi connectivity index (χ3v) is 4.88. The average molecular weight is 350 g/mol. The Hall–Kier alpha value is -2.41. The Balaban J connectivity index is 2.27. The van der Waals surface area contributed by atoms with Crippen LogP contribution in [0.2, 0.25) is 0 Å². The highest BCUT2D eigenvalue weighted by molar-refractivity contribution is 7.92. The lowest BCUT2D eigenvalue weighted by molar-refractivity contribution is 0.0939. The van der Waals surface area contributed by atoms with Crippen molar-refractivity contribution in [2.45, 2.75) is 31.2 Å². The summed E-state index contributed by atoms with van der Waals surface area (Å²) >= 11 is 0. The van der Waals surface area contributed by atoms with Gasteiger partial charge in [0.1, 0.15) is 5.82 Å². The minimum atomic E-state index is -4.00. The summed E-state index contributed by atoms with van der Waals surface area (Å²) in [7, 11) is -4.00. The molecule has 128 valence electrons. The molecule has 0 bridgehead atoms. The van der Waals surface area contributed by atoms with Crippen LogP contribution in [-0.4, -0.2) is 20.4 Å². The number of para-hydroxylation sites is 1. The van der Waals surface area contributed by atoms with Crippen molar-refractivity contribution in [3.05, 3.63) is 59.9 Å². The standard InChI is InChI=1S/C17H19FN2O3S/c1-3-12(2)19-17(21)13-7-6-8-14(11-13)24(22,23)20-16-10-5-4-9-15(16)18/h4-12,20H,3H2,1-2H3,(H,19,21)/t12-/m0/s1. The van der Waals surface area contributed by atoms with Crippen molar-refractivity contribution in [3.8, 4) is 0 Å². The smallest absolute Gasteiger partial charge is 0.262 e. The second-order valence-corrected chi connectivity index (χ2v) is 7.08. The molecule has 0 aliphatic heterocycles. The highest BCUT2D eigenvalue weighted by Crippen LogP contribution is 2.19. The summed E-state index contributed by atoms with van der Waals surface area (Å²) in [6, 6.07) is 11.1. The van der Waals surface area contributed by atoms with Gasteiger partial charge in [0, 0.05) is 11.6 Å². The molecule has 0 heterocycles. The predicted molar refractivity (Wildman–Crippen MR) is 90.9 cm³/mol. The van der Waals surface area contributed by atoms with E-state index in [-0.39, 0.29) is 28.1 Å². The maximum Gasteiger partial charge on any atom is 0.262 e. The number of rotatable bonds is 6. The first-order chi connectivity index (χ1) is 11.3. The lowest BCUT2D eigenvalue weighted by Crippen LogP contribution is -2.32. The van der Waals surface area contributed by atoms with E-state index >= 15 is 0 Å². The molecule has 7 heteroatoms. The number of carbonyl (C=O) groups excluding carboxylic acids is 1. The second kappa shape index (κ2) is 7.44. The molecule has 0 saturated heterocycles. The van der Waals surface area contributed by atoms with Gasteiger partial charge in [-0.05, 0) is 43.7 Å². The van der Waals surface area contributed by atoms with Gasteiger partial charge >= 0.3 is 0 Å². The van der Waals surface area contributed by atoms with Crippen LogP contribution in [0.1, 0.15) is 30.6 Å². The Bertz CT molecular complexity index is 837. The molecule has 0 aliphatic carbocycles. The van der Waals surface area contributed by atoms with Gasteiger partial charge < -0.3 is 5.32 Å². The first-order valence-electron chi connectivity index (χ1n) is 7.51. The zero-order valence-corrected chi connectivity index (χ0v) is 14.2. The average Bonchev–Trinajstić information content (AvgIpc) is 2.56. The molecule has 24 heavy (non-hydrogen) atoms. The van der Waals surface area contributed by atoms with Gasteiger partial charge in [-0.3, -0.25) is 9.52 Å². The first-order valence-corrected chi connectivity index (χ1v) is 9.00. The van der Waals surface area contributed by atoms with Crippen LogP contribution >= 0.6 is 0 Å². The van der Waals surface area contributed by atoms with Crippen LogP contribution in [0.15, 0.2) is 53.4 Å². The van der Waals surface area contributed by atoms with E-state index < -0.39 is 15.8 Å². The maximum absolute atomic E-state index is 13.6. The minimum Gasteiger partial charge on any atom is -0.350 e. The quantitative estimate of drug-likeness (QED) is 0.840. The molecular weight excluding hydrogens is 331 g/mol. The first kappa shape index (κ1) is 17.9. The van der Waals surface area contributed by atoms with Crippen LogP contribution < -0.4 is 10.0 Å². The molecule has 2 rings (SSSR count). The van der Waals surface area contributed by atoms with E-state index in [1.54, 1.807) is 0 Å². The molecule has 0 unspecified atom stereocenters. The molecule has 2 N–H and O–H groups in total. The van der Waals surface area contributed by atoms with E-state index in [2.05, 4.69) is 10.0 Å². The number of anilines is 1. The molecule has 0 radical (unpaired) electrons. The Kier molecular flexibility index (Phi) is 5.56. The van der Waals surface area contributed by atoms with Crippen molar-refractivity contribution in [2.75, 3.05) is 4.72 Å². The van der Waals surface area contributed by atoms with E-state index in [1.807, 2.05) is 13.8 Å². The largest absolute Gasteiger partial charge is 0.350 e. The lowest BCUT2D eigenvalue weighted by Gasteiger charge is -2.13. The molecule has 5 nitrogen and oxygen atoms in total. The molecule has 1 atom stereocenters. The third-order valence-electron chi connectivity index (χ3n) is 3.51. The van der Waals surface area contributed by atoms with Gasteiger partial charge in [0.15, 0.2) is 0 Å². The molecule has 0 spiro atoms. The van der Waals surface area contributed by atoms with Crippen LogP contribution in [-0.2, 0) is 10.0 Å². The Morgan fingerprint density at radius 2 is 1.88 bits per heavy atom. The summed E-state index contributed by atoms with van der Waals surface area (Å²) in [5, 5.41) is 2.77. The van der Waals surface area contributed by atoms with Crippen molar-refractivity contribution in [1.29, 1.82) is 0 Å². The summed E-state index contributed by atoms with van der Waals surface area (Å²) in [5.74, 6) is -1.03. The van der Waals surface area contributed by atoms with Crippen LogP contribution in [0, 0.1) is 5.82 Å². The van der Waals surface area contributed by atoms with Crippen molar-refractivity contribution in [3.63, 3.8) is 0 Å². The number of carbonyl (C=O) groups is 1. The lowest BCUT2D eigenvalue weighted by atomic mass is 10.2. The number of halogens is 1. The van der Waals surface area contributed by atoms with E-state index in [9.17, 15) is 17.6 Å². The minimum absolute atomic E-state index is 0.0192. The van der Waals surface area contributed by atoms with E-state index in [0.29, 0.717) is 0 Å². The fourth-order valence-electron chi connectivity index (χ4n) is 1.96. The van der Waals surface area contributed by atoms with Crippen molar-refractivity contribution in [2.24, 2.45) is 0 Å². The molecule has 0 fully saturated rings. The Morgan fingerprint density at radius 1 is 1.17 bits per heavy atom. The molecule has 1 amide bonds. The van der Waals surface area contributed by atoms with Gasteiger partial charge in [-0.25, -0.2) is 12.8 Å². The molecular formula is C17H19FN2O3S. The topological polar surface area (TPSA) is 75.3 Å². The zero-order valence-electron chi connectivity index (χ0n) is 13.4. The van der Waals surface area contributed by atoms with Gasteiger partial charge in [-0.15, -0.1) is 0 Å².